The molecule has 9 N–H and O–H groups in total. The second kappa shape index (κ2) is 16.1. The zero-order chi connectivity index (χ0) is 39.8. The fraction of sp³-hybridized carbons (Fsp3) is 1.00. The normalized spacial score (nSPS) is 55.6. The van der Waals surface area contributed by atoms with E-state index in [1.54, 1.807) is 7.11 Å². The number of ether oxygens (including phenoxy) is 6. The summed E-state index contributed by atoms with van der Waals surface area (Å²) in [6, 6.07) is 0. The molecule has 7 aliphatic rings. The molecule has 0 bridgehead atoms. The lowest BCUT2D eigenvalue weighted by molar-refractivity contribution is -0.320. The molecule has 0 aromatic rings. The van der Waals surface area contributed by atoms with Gasteiger partial charge in [-0.15, -0.1) is 0 Å². The predicted molar refractivity (Wildman–Crippen MR) is 193 cm³/mol. The summed E-state index contributed by atoms with van der Waals surface area (Å²) in [4.78, 5) is 0. The first-order chi connectivity index (χ1) is 26.0. The molecule has 55 heavy (non-hydrogen) atoms. The highest BCUT2D eigenvalue weighted by molar-refractivity contribution is 5.16. The Balaban J connectivity index is 0.964. The molecular weight excluding hydrogens is 720 g/mol. The molecule has 4 saturated carbocycles. The first-order valence-corrected chi connectivity index (χ1v) is 20.8. The number of rotatable bonds is 11. The average molecular weight is 789 g/mol. The van der Waals surface area contributed by atoms with Crippen LogP contribution < -0.4 is 0 Å². The molecule has 0 aromatic heterocycles. The summed E-state index contributed by atoms with van der Waals surface area (Å²) in [6.07, 6.45) is -6.74. The van der Waals surface area contributed by atoms with Crippen LogP contribution in [0.1, 0.15) is 85.5 Å². The van der Waals surface area contributed by atoms with Crippen molar-refractivity contribution in [3.63, 3.8) is 0 Å². The lowest BCUT2D eigenvalue weighted by Gasteiger charge is -2.62. The number of aliphatic hydroxyl groups excluding tert-OH is 9. The van der Waals surface area contributed by atoms with Crippen LogP contribution in [0.15, 0.2) is 0 Å². The van der Waals surface area contributed by atoms with E-state index in [9.17, 15) is 46.0 Å². The number of aliphatic hydroxyl groups is 9. The monoisotopic (exact) mass is 788 g/mol. The third-order valence-electron chi connectivity index (χ3n) is 16.3. The highest BCUT2D eigenvalue weighted by Gasteiger charge is 2.69. The summed E-state index contributed by atoms with van der Waals surface area (Å²) >= 11 is 0. The maximum absolute atomic E-state index is 11.9. The molecule has 0 aromatic carbocycles. The second-order valence-corrected chi connectivity index (χ2v) is 18.9. The molecule has 3 heterocycles. The molecule has 1 unspecified atom stereocenters. The Kier molecular flexibility index (Phi) is 12.5. The number of fused-ring (bicyclic) bond motifs is 7. The quantitative estimate of drug-likeness (QED) is 0.126. The second-order valence-electron chi connectivity index (χ2n) is 18.9. The van der Waals surface area contributed by atoms with Gasteiger partial charge in [0.05, 0.1) is 38.1 Å². The molecule has 15 nitrogen and oxygen atoms in total. The van der Waals surface area contributed by atoms with Gasteiger partial charge in [0, 0.05) is 25.9 Å². The molecule has 15 heteroatoms. The summed E-state index contributed by atoms with van der Waals surface area (Å²) < 4.78 is 36.4. The number of methoxy groups -OCH3 is 1. The molecule has 7 fully saturated rings. The van der Waals surface area contributed by atoms with Gasteiger partial charge in [-0.1, -0.05) is 27.7 Å². The summed E-state index contributed by atoms with van der Waals surface area (Å²) in [6.45, 7) is 8.22. The van der Waals surface area contributed by atoms with Gasteiger partial charge in [-0.25, -0.2) is 0 Å². The Morgan fingerprint density at radius 2 is 1.40 bits per heavy atom. The van der Waals surface area contributed by atoms with E-state index < -0.39 is 92.6 Å². The Labute approximate surface area is 324 Å². The number of hydrogen-bond donors (Lipinski definition) is 9. The van der Waals surface area contributed by atoms with Gasteiger partial charge in [0.2, 0.25) is 0 Å². The van der Waals surface area contributed by atoms with Crippen LogP contribution in [0.5, 0.6) is 0 Å². The molecule has 0 radical (unpaired) electrons. The SMILES string of the molecule is COC1(CC[C@H](C)CO[C@@H]2O[C@H](CO)[C@@H](O)[C@H](O)[C@H]2O)O[C@H]2C[C@H]3[C@@H]4CC[C@H]5C[C@H](O[C@@H]6O[C@H](CO)[C@@H](O)[C@H](O)[C@H]6O)C[C@@H](O)[C@]5(C)[C@H]4CC[C@]3(C)[C@H]2[C@@H]1C. The third-order valence-corrected chi connectivity index (χ3v) is 16.3. The van der Waals surface area contributed by atoms with Crippen LogP contribution in [0.4, 0.5) is 0 Å². The van der Waals surface area contributed by atoms with Gasteiger partial charge in [0.15, 0.2) is 18.4 Å². The lowest BCUT2D eigenvalue weighted by Crippen LogP contribution is -2.62. The molecule has 0 spiro atoms. The molecule has 23 atom stereocenters. The van der Waals surface area contributed by atoms with E-state index >= 15 is 0 Å². The van der Waals surface area contributed by atoms with E-state index in [2.05, 4.69) is 20.8 Å². The molecule has 3 aliphatic heterocycles. The van der Waals surface area contributed by atoms with E-state index in [1.165, 1.54) is 0 Å². The van der Waals surface area contributed by atoms with Gasteiger partial charge >= 0.3 is 0 Å². The Hall–Kier alpha value is -0.600. The smallest absolute Gasteiger partial charge is 0.186 e. The molecular formula is C40H68O15. The Morgan fingerprint density at radius 1 is 0.764 bits per heavy atom. The maximum Gasteiger partial charge on any atom is 0.186 e. The minimum absolute atomic E-state index is 0.0365. The Morgan fingerprint density at radius 3 is 2.04 bits per heavy atom. The topological polar surface area (TPSA) is 237 Å². The van der Waals surface area contributed by atoms with Gasteiger partial charge in [0.1, 0.15) is 48.8 Å². The van der Waals surface area contributed by atoms with Crippen molar-refractivity contribution in [2.24, 2.45) is 52.3 Å². The van der Waals surface area contributed by atoms with Crippen LogP contribution in [-0.4, -0.2) is 158 Å². The summed E-state index contributed by atoms with van der Waals surface area (Å²) in [7, 11) is 1.73. The van der Waals surface area contributed by atoms with E-state index in [0.29, 0.717) is 42.9 Å². The van der Waals surface area contributed by atoms with Crippen LogP contribution in [0.2, 0.25) is 0 Å². The maximum atomic E-state index is 11.9. The highest BCUT2D eigenvalue weighted by atomic mass is 16.7. The van der Waals surface area contributed by atoms with Crippen molar-refractivity contribution < 1.29 is 74.4 Å². The fourth-order valence-corrected chi connectivity index (χ4v) is 13.1. The minimum Gasteiger partial charge on any atom is -0.394 e. The van der Waals surface area contributed by atoms with Crippen molar-refractivity contribution in [1.82, 2.24) is 0 Å². The van der Waals surface area contributed by atoms with Crippen molar-refractivity contribution in [3.05, 3.63) is 0 Å². The van der Waals surface area contributed by atoms with Crippen LogP contribution >= 0.6 is 0 Å². The number of hydrogen-bond acceptors (Lipinski definition) is 15. The van der Waals surface area contributed by atoms with E-state index in [1.807, 2.05) is 6.92 Å². The van der Waals surface area contributed by atoms with Crippen molar-refractivity contribution in [2.75, 3.05) is 26.9 Å². The van der Waals surface area contributed by atoms with Gasteiger partial charge in [0.25, 0.3) is 0 Å². The third kappa shape index (κ3) is 7.06. The minimum atomic E-state index is -1.51. The predicted octanol–water partition coefficient (Wildman–Crippen LogP) is 0.0215. The van der Waals surface area contributed by atoms with E-state index in [0.717, 1.165) is 38.5 Å². The standard InChI is InChI=1S/C40H68O15/c1-18(17-51-36-34(48)32(46)30(44)26(15-41)53-36)8-11-40(50-5)19(2)29-25(55-40)14-24-22-7-6-20-12-21(52-37-35(49)33(47)31(45)27(16-42)54-37)13-28(43)39(20,4)23(22)9-10-38(24,29)3/h18-37,41-49H,6-17H2,1-5H3/t18-,19-,20-,21-,22+,23-,24-,25-,26+,27+,28+,29-,30+,31+,32-,33-,34+,35+,36+,37+,38-,39-,40?/m0/s1. The van der Waals surface area contributed by atoms with Gasteiger partial charge in [-0.3, -0.25) is 0 Å². The zero-order valence-corrected chi connectivity index (χ0v) is 33.0. The zero-order valence-electron chi connectivity index (χ0n) is 33.0. The van der Waals surface area contributed by atoms with Crippen molar-refractivity contribution >= 4 is 0 Å². The van der Waals surface area contributed by atoms with Crippen LogP contribution in [0.3, 0.4) is 0 Å². The summed E-state index contributed by atoms with van der Waals surface area (Å²) in [5, 5.41) is 92.8. The fourth-order valence-electron chi connectivity index (χ4n) is 13.1. The van der Waals surface area contributed by atoms with Gasteiger partial charge in [-0.05, 0) is 91.3 Å². The molecule has 318 valence electrons. The summed E-state index contributed by atoms with van der Waals surface area (Å²) in [5.74, 6) is 1.20. The molecule has 4 aliphatic carbocycles. The first kappa shape index (κ1) is 42.5. The van der Waals surface area contributed by atoms with Crippen molar-refractivity contribution in [2.45, 2.75) is 171 Å². The van der Waals surface area contributed by atoms with Crippen molar-refractivity contribution in [1.29, 1.82) is 0 Å². The first-order valence-electron chi connectivity index (χ1n) is 20.8. The van der Waals surface area contributed by atoms with Crippen LogP contribution in [0, 0.1) is 52.3 Å². The molecule has 7 rings (SSSR count). The summed E-state index contributed by atoms with van der Waals surface area (Å²) in [5.41, 5.74) is -0.241. The highest BCUT2D eigenvalue weighted by Crippen LogP contribution is 2.71. The Bertz CT molecular complexity index is 1310. The van der Waals surface area contributed by atoms with Crippen LogP contribution in [-0.2, 0) is 28.4 Å². The van der Waals surface area contributed by atoms with E-state index in [-0.39, 0.29) is 41.3 Å². The largest absolute Gasteiger partial charge is 0.394 e. The molecule has 3 saturated heterocycles. The van der Waals surface area contributed by atoms with Crippen molar-refractivity contribution in [3.8, 4) is 0 Å². The van der Waals surface area contributed by atoms with E-state index in [4.69, 9.17) is 28.4 Å². The average Bonchev–Trinajstić information content (AvgIpc) is 3.63. The lowest BCUT2D eigenvalue weighted by atomic mass is 9.43. The van der Waals surface area contributed by atoms with Crippen LogP contribution in [0.25, 0.3) is 0 Å². The molecule has 0 amide bonds. The van der Waals surface area contributed by atoms with Gasteiger partial charge in [-0.2, -0.15) is 0 Å². The van der Waals surface area contributed by atoms with Gasteiger partial charge < -0.3 is 74.4 Å².